The molecule has 0 fully saturated rings. The highest BCUT2D eigenvalue weighted by Gasteiger charge is 2.17. The highest BCUT2D eigenvalue weighted by Crippen LogP contribution is 2.21. The molecule has 0 aliphatic heterocycles. The third kappa shape index (κ3) is 3.72. The molecule has 0 spiro atoms. The van der Waals surface area contributed by atoms with Gasteiger partial charge in [0, 0.05) is 11.1 Å². The second-order valence-corrected chi connectivity index (χ2v) is 8.72. The molecule has 0 N–H and O–H groups in total. The Balaban J connectivity index is 1.94. The number of carbonyl (C=O) groups is 1. The Morgan fingerprint density at radius 1 is 0.840 bits per heavy atom. The molecule has 3 aromatic carbocycles. The van der Waals surface area contributed by atoms with Gasteiger partial charge in [0.15, 0.2) is 5.78 Å². The van der Waals surface area contributed by atoms with Crippen LogP contribution in [0.25, 0.3) is 11.1 Å². The first-order valence-electron chi connectivity index (χ1n) is 8.29. The molecule has 0 aliphatic carbocycles. The molecule has 0 amide bonds. The van der Waals surface area contributed by atoms with Crippen LogP contribution in [0.2, 0.25) is 13.1 Å². The summed E-state index contributed by atoms with van der Waals surface area (Å²) in [5.41, 5.74) is 3.77. The lowest BCUT2D eigenvalue weighted by Crippen LogP contribution is -2.29. The Morgan fingerprint density at radius 2 is 1.48 bits per heavy atom. The van der Waals surface area contributed by atoms with Crippen molar-refractivity contribution < 1.29 is 9.53 Å². The van der Waals surface area contributed by atoms with E-state index in [1.807, 2.05) is 60.7 Å². The van der Waals surface area contributed by atoms with E-state index in [2.05, 4.69) is 25.2 Å². The third-order valence-corrected chi connectivity index (χ3v) is 5.76. The summed E-state index contributed by atoms with van der Waals surface area (Å²) < 4.78 is 5.32. The number of ether oxygens (including phenoxy) is 1. The molecule has 1 radical (unpaired) electrons. The van der Waals surface area contributed by atoms with Crippen LogP contribution in [0.1, 0.15) is 15.9 Å². The van der Waals surface area contributed by atoms with Crippen LogP contribution < -0.4 is 9.92 Å². The van der Waals surface area contributed by atoms with E-state index >= 15 is 0 Å². The summed E-state index contributed by atoms with van der Waals surface area (Å²) in [6.45, 7) is 4.38. The fourth-order valence-electron chi connectivity index (χ4n) is 2.86. The number of hydrogen-bond acceptors (Lipinski definition) is 2. The fourth-order valence-corrected chi connectivity index (χ4v) is 4.03. The van der Waals surface area contributed by atoms with Crippen molar-refractivity contribution in [3.8, 4) is 16.9 Å². The standard InChI is InChI=1S/C22H21O2Si/c1-24-19-13-14-20(21(15-19)25(2)3)22(23)18-11-9-17(10-12-18)16-7-5-4-6-8-16/h4-15H,1-3H3. The van der Waals surface area contributed by atoms with Crippen molar-refractivity contribution in [3.63, 3.8) is 0 Å². The summed E-state index contributed by atoms with van der Waals surface area (Å²) in [6.07, 6.45) is 0. The molecule has 125 valence electrons. The van der Waals surface area contributed by atoms with Crippen molar-refractivity contribution in [2.75, 3.05) is 7.11 Å². The average molecular weight is 345 g/mol. The van der Waals surface area contributed by atoms with Crippen LogP contribution in [-0.2, 0) is 0 Å². The van der Waals surface area contributed by atoms with Gasteiger partial charge in [0.25, 0.3) is 0 Å². The second-order valence-electron chi connectivity index (χ2n) is 6.18. The van der Waals surface area contributed by atoms with Crippen molar-refractivity contribution in [3.05, 3.63) is 83.9 Å². The molecule has 0 heterocycles. The molecule has 0 bridgehead atoms. The van der Waals surface area contributed by atoms with Gasteiger partial charge in [-0.3, -0.25) is 4.79 Å². The molecule has 0 aliphatic rings. The summed E-state index contributed by atoms with van der Waals surface area (Å²) in [4.78, 5) is 13.0. The average Bonchev–Trinajstić information content (AvgIpc) is 2.67. The van der Waals surface area contributed by atoms with Crippen LogP contribution in [0.15, 0.2) is 72.8 Å². The molecule has 0 aromatic heterocycles. The maximum atomic E-state index is 13.0. The lowest BCUT2D eigenvalue weighted by atomic mass is 9.99. The smallest absolute Gasteiger partial charge is 0.192 e. The number of rotatable bonds is 5. The van der Waals surface area contributed by atoms with Crippen LogP contribution in [0.5, 0.6) is 5.75 Å². The first kappa shape index (κ1) is 17.2. The first-order valence-corrected chi connectivity index (χ1v) is 10.8. The summed E-state index contributed by atoms with van der Waals surface area (Å²) >= 11 is 0. The Bertz CT molecular complexity index is 868. The minimum Gasteiger partial charge on any atom is -0.497 e. The van der Waals surface area contributed by atoms with Crippen molar-refractivity contribution in [1.29, 1.82) is 0 Å². The minimum absolute atomic E-state index is 0.0727. The van der Waals surface area contributed by atoms with Crippen molar-refractivity contribution in [2.24, 2.45) is 0 Å². The van der Waals surface area contributed by atoms with Crippen LogP contribution in [0.3, 0.4) is 0 Å². The summed E-state index contributed by atoms with van der Waals surface area (Å²) in [6, 6.07) is 23.8. The molecule has 25 heavy (non-hydrogen) atoms. The molecule has 0 saturated carbocycles. The van der Waals surface area contributed by atoms with E-state index in [4.69, 9.17) is 4.74 Å². The van der Waals surface area contributed by atoms with Gasteiger partial charge in [0.05, 0.1) is 15.9 Å². The maximum Gasteiger partial charge on any atom is 0.192 e. The SMILES string of the molecule is COc1ccc(C(=O)c2ccc(-c3ccccc3)cc2)c([Si](C)C)c1. The first-order chi connectivity index (χ1) is 12.1. The van der Waals surface area contributed by atoms with Crippen molar-refractivity contribution in [2.45, 2.75) is 13.1 Å². The van der Waals surface area contributed by atoms with Crippen LogP contribution in [0, 0.1) is 0 Å². The van der Waals surface area contributed by atoms with E-state index < -0.39 is 8.80 Å². The lowest BCUT2D eigenvalue weighted by molar-refractivity contribution is 0.103. The van der Waals surface area contributed by atoms with E-state index in [1.165, 1.54) is 0 Å². The molecule has 3 heteroatoms. The van der Waals surface area contributed by atoms with E-state index in [1.54, 1.807) is 7.11 Å². The van der Waals surface area contributed by atoms with Gasteiger partial charge in [-0.25, -0.2) is 0 Å². The fraction of sp³-hybridized carbons (Fsp3) is 0.136. The van der Waals surface area contributed by atoms with Gasteiger partial charge in [-0.15, -0.1) is 0 Å². The van der Waals surface area contributed by atoms with E-state index in [-0.39, 0.29) is 5.78 Å². The van der Waals surface area contributed by atoms with Crippen LogP contribution in [-0.4, -0.2) is 21.7 Å². The number of carbonyl (C=O) groups excluding carboxylic acids is 1. The van der Waals surface area contributed by atoms with Gasteiger partial charge in [-0.05, 0) is 34.5 Å². The molecule has 3 rings (SSSR count). The van der Waals surface area contributed by atoms with Gasteiger partial charge in [-0.2, -0.15) is 0 Å². The zero-order valence-corrected chi connectivity index (χ0v) is 15.7. The lowest BCUT2D eigenvalue weighted by Gasteiger charge is -2.13. The predicted molar refractivity (Wildman–Crippen MR) is 105 cm³/mol. The third-order valence-electron chi connectivity index (χ3n) is 4.26. The van der Waals surface area contributed by atoms with Crippen LogP contribution in [0.4, 0.5) is 0 Å². The number of benzene rings is 3. The predicted octanol–water partition coefficient (Wildman–Crippen LogP) is 4.55. The normalized spacial score (nSPS) is 10.7. The van der Waals surface area contributed by atoms with Crippen molar-refractivity contribution in [1.82, 2.24) is 0 Å². The quantitative estimate of drug-likeness (QED) is 0.501. The van der Waals surface area contributed by atoms with Gasteiger partial charge >= 0.3 is 0 Å². The number of methoxy groups -OCH3 is 1. The largest absolute Gasteiger partial charge is 0.497 e. The highest BCUT2D eigenvalue weighted by molar-refractivity contribution is 6.72. The maximum absolute atomic E-state index is 13.0. The zero-order chi connectivity index (χ0) is 17.8. The second kappa shape index (κ2) is 7.49. The Labute approximate surface area is 150 Å². The molecule has 0 unspecified atom stereocenters. The topological polar surface area (TPSA) is 26.3 Å². The molecular weight excluding hydrogens is 324 g/mol. The van der Waals surface area contributed by atoms with E-state index in [0.29, 0.717) is 5.56 Å². The Morgan fingerprint density at radius 3 is 2.08 bits per heavy atom. The number of ketones is 1. The van der Waals surface area contributed by atoms with Gasteiger partial charge in [-0.1, -0.05) is 67.7 Å². The molecule has 3 aromatic rings. The Kier molecular flexibility index (Phi) is 5.15. The minimum atomic E-state index is -0.777. The van der Waals surface area contributed by atoms with Crippen molar-refractivity contribution >= 4 is 19.8 Å². The van der Waals surface area contributed by atoms with Gasteiger partial charge in [0.2, 0.25) is 0 Å². The van der Waals surface area contributed by atoms with Crippen LogP contribution >= 0.6 is 0 Å². The summed E-state index contributed by atoms with van der Waals surface area (Å²) in [5.74, 6) is 0.876. The number of hydrogen-bond donors (Lipinski definition) is 0. The molecular formula is C22H21O2Si. The highest BCUT2D eigenvalue weighted by atomic mass is 28.3. The monoisotopic (exact) mass is 345 g/mol. The van der Waals surface area contributed by atoms with E-state index in [9.17, 15) is 4.79 Å². The van der Waals surface area contributed by atoms with Gasteiger partial charge < -0.3 is 4.74 Å². The molecule has 0 saturated heterocycles. The van der Waals surface area contributed by atoms with E-state index in [0.717, 1.165) is 27.6 Å². The zero-order valence-electron chi connectivity index (χ0n) is 14.7. The van der Waals surface area contributed by atoms with Gasteiger partial charge in [0.1, 0.15) is 5.75 Å². The molecule has 0 atom stereocenters. The summed E-state index contributed by atoms with van der Waals surface area (Å²) in [5, 5.41) is 1.11. The Hall–Kier alpha value is -2.65. The molecule has 2 nitrogen and oxygen atoms in total. The summed E-state index contributed by atoms with van der Waals surface area (Å²) in [7, 11) is 0.876.